The van der Waals surface area contributed by atoms with Gasteiger partial charge in [-0.2, -0.15) is 11.8 Å². The Morgan fingerprint density at radius 1 is 1.44 bits per heavy atom. The number of amides is 1. The van der Waals surface area contributed by atoms with Crippen LogP contribution in [-0.2, 0) is 20.7 Å². The molecule has 0 spiro atoms. The predicted octanol–water partition coefficient (Wildman–Crippen LogP) is 1.70. The van der Waals surface area contributed by atoms with Gasteiger partial charge in [-0.25, -0.2) is 4.79 Å². The minimum atomic E-state index is -0.653. The molecule has 1 saturated carbocycles. The third-order valence-corrected chi connectivity index (χ3v) is 7.10. The molecule has 8 heteroatoms. The first-order chi connectivity index (χ1) is 12.2. The number of carbonyl (C=O) groups is 2. The van der Waals surface area contributed by atoms with Crippen molar-refractivity contribution in [2.45, 2.75) is 49.4 Å². The lowest BCUT2D eigenvalue weighted by Gasteiger charge is -2.43. The molecule has 1 N–H and O–H groups in total. The fourth-order valence-corrected chi connectivity index (χ4v) is 5.83. The van der Waals surface area contributed by atoms with Crippen LogP contribution in [0.2, 0.25) is 0 Å². The molecule has 0 aromatic carbocycles. The first-order valence-corrected chi connectivity index (χ1v) is 10.7. The molecule has 1 aliphatic heterocycles. The van der Waals surface area contributed by atoms with Crippen LogP contribution in [0.1, 0.15) is 30.6 Å². The van der Waals surface area contributed by atoms with Gasteiger partial charge in [0.15, 0.2) is 0 Å². The molecule has 1 amide bonds. The highest BCUT2D eigenvalue weighted by atomic mass is 32.2. The van der Waals surface area contributed by atoms with E-state index in [1.54, 1.807) is 11.7 Å². The standard InChI is InChI=1S/C17H25N3O3S2/c1-23-17(22)13(8-12-9-18-11-25-12)19-16(21)10-20-6-7-24-15-5-3-2-4-14(15)20/h9,11,13-15H,2-8,10H2,1H3,(H,19,21). The van der Waals surface area contributed by atoms with Crippen molar-refractivity contribution in [3.63, 3.8) is 0 Å². The Bertz CT molecular complexity index is 580. The summed E-state index contributed by atoms with van der Waals surface area (Å²) >= 11 is 3.52. The Hall–Kier alpha value is -1.12. The second-order valence-corrected chi connectivity index (χ2v) is 8.86. The maximum atomic E-state index is 12.6. The van der Waals surface area contributed by atoms with E-state index >= 15 is 0 Å². The van der Waals surface area contributed by atoms with Crippen LogP contribution in [-0.4, -0.2) is 65.0 Å². The Morgan fingerprint density at radius 3 is 3.04 bits per heavy atom. The molecular formula is C17H25N3O3S2. The van der Waals surface area contributed by atoms with Gasteiger partial charge in [0.1, 0.15) is 6.04 Å². The lowest BCUT2D eigenvalue weighted by Crippen LogP contribution is -2.54. The van der Waals surface area contributed by atoms with E-state index in [4.69, 9.17) is 4.74 Å². The minimum Gasteiger partial charge on any atom is -0.467 e. The van der Waals surface area contributed by atoms with E-state index in [-0.39, 0.29) is 5.91 Å². The second-order valence-electron chi connectivity index (χ2n) is 6.55. The summed E-state index contributed by atoms with van der Waals surface area (Å²) in [6, 6.07) is -0.157. The van der Waals surface area contributed by atoms with Gasteiger partial charge in [-0.3, -0.25) is 14.7 Å². The molecule has 2 fully saturated rings. The van der Waals surface area contributed by atoms with Crippen molar-refractivity contribution in [1.29, 1.82) is 0 Å². The first kappa shape index (κ1) is 18.7. The van der Waals surface area contributed by atoms with Crippen LogP contribution < -0.4 is 5.32 Å². The Labute approximate surface area is 156 Å². The summed E-state index contributed by atoms with van der Waals surface area (Å²) < 4.78 is 4.85. The predicted molar refractivity (Wildman–Crippen MR) is 99.8 cm³/mol. The highest BCUT2D eigenvalue weighted by molar-refractivity contribution is 8.00. The SMILES string of the molecule is COC(=O)C(Cc1cncs1)NC(=O)CN1CCSC2CCCCC21. The van der Waals surface area contributed by atoms with Gasteiger partial charge in [0.05, 0.1) is 19.2 Å². The molecule has 1 saturated heterocycles. The first-order valence-electron chi connectivity index (χ1n) is 8.77. The second kappa shape index (κ2) is 9.00. The molecule has 1 aromatic rings. The molecule has 2 heterocycles. The van der Waals surface area contributed by atoms with Crippen molar-refractivity contribution < 1.29 is 14.3 Å². The van der Waals surface area contributed by atoms with Crippen LogP contribution in [0.3, 0.4) is 0 Å². The summed E-state index contributed by atoms with van der Waals surface area (Å²) in [4.78, 5) is 31.9. The number of methoxy groups -OCH3 is 1. The number of esters is 1. The number of hydrogen-bond donors (Lipinski definition) is 1. The quantitative estimate of drug-likeness (QED) is 0.754. The van der Waals surface area contributed by atoms with E-state index < -0.39 is 12.0 Å². The molecule has 0 radical (unpaired) electrons. The molecule has 1 aliphatic carbocycles. The lowest BCUT2D eigenvalue weighted by molar-refractivity contribution is -0.145. The van der Waals surface area contributed by atoms with E-state index in [0.717, 1.165) is 17.2 Å². The highest BCUT2D eigenvalue weighted by Gasteiger charge is 2.35. The molecule has 138 valence electrons. The smallest absolute Gasteiger partial charge is 0.328 e. The number of aromatic nitrogens is 1. The van der Waals surface area contributed by atoms with Crippen LogP contribution in [0.4, 0.5) is 0 Å². The van der Waals surface area contributed by atoms with Crippen molar-refractivity contribution in [2.75, 3.05) is 26.0 Å². The Balaban J connectivity index is 1.57. The lowest BCUT2D eigenvalue weighted by atomic mass is 9.93. The molecule has 2 aliphatic rings. The number of thiazole rings is 1. The van der Waals surface area contributed by atoms with Gasteiger partial charge in [-0.05, 0) is 12.8 Å². The number of thioether (sulfide) groups is 1. The number of carbonyl (C=O) groups excluding carboxylic acids is 2. The summed E-state index contributed by atoms with van der Waals surface area (Å²) in [5.41, 5.74) is 1.72. The molecule has 0 bridgehead atoms. The highest BCUT2D eigenvalue weighted by Crippen LogP contribution is 2.35. The van der Waals surface area contributed by atoms with E-state index in [1.165, 1.54) is 44.1 Å². The van der Waals surface area contributed by atoms with E-state index in [0.29, 0.717) is 24.3 Å². The number of hydrogen-bond acceptors (Lipinski definition) is 7. The van der Waals surface area contributed by atoms with Gasteiger partial charge in [0.25, 0.3) is 0 Å². The maximum Gasteiger partial charge on any atom is 0.328 e. The van der Waals surface area contributed by atoms with Crippen molar-refractivity contribution in [1.82, 2.24) is 15.2 Å². The number of nitrogens with zero attached hydrogens (tertiary/aromatic N) is 2. The number of nitrogens with one attached hydrogen (secondary N) is 1. The molecule has 6 nitrogen and oxygen atoms in total. The summed E-state index contributed by atoms with van der Waals surface area (Å²) in [6.07, 6.45) is 7.12. The number of fused-ring (bicyclic) bond motifs is 1. The number of rotatable bonds is 6. The van der Waals surface area contributed by atoms with Crippen molar-refractivity contribution in [2.24, 2.45) is 0 Å². The fraction of sp³-hybridized carbons (Fsp3) is 0.706. The summed E-state index contributed by atoms with van der Waals surface area (Å²) in [7, 11) is 1.35. The van der Waals surface area contributed by atoms with Gasteiger partial charge in [0, 0.05) is 41.1 Å². The van der Waals surface area contributed by atoms with Gasteiger partial charge in [0.2, 0.25) is 5.91 Å². The zero-order chi connectivity index (χ0) is 17.6. The van der Waals surface area contributed by atoms with Gasteiger partial charge < -0.3 is 10.1 Å². The fourth-order valence-electron chi connectivity index (χ4n) is 3.68. The molecular weight excluding hydrogens is 358 g/mol. The van der Waals surface area contributed by atoms with Crippen LogP contribution in [0.5, 0.6) is 0 Å². The van der Waals surface area contributed by atoms with Gasteiger partial charge >= 0.3 is 5.97 Å². The molecule has 1 aromatic heterocycles. The summed E-state index contributed by atoms with van der Waals surface area (Å²) in [6.45, 7) is 1.30. The molecule has 25 heavy (non-hydrogen) atoms. The normalized spacial score (nSPS) is 25.0. The van der Waals surface area contributed by atoms with E-state index in [9.17, 15) is 9.59 Å². The summed E-state index contributed by atoms with van der Waals surface area (Å²) in [5.74, 6) is 0.568. The minimum absolute atomic E-state index is 0.101. The van der Waals surface area contributed by atoms with Crippen molar-refractivity contribution in [3.8, 4) is 0 Å². The zero-order valence-electron chi connectivity index (χ0n) is 14.5. The zero-order valence-corrected chi connectivity index (χ0v) is 16.1. The van der Waals surface area contributed by atoms with Crippen LogP contribution >= 0.6 is 23.1 Å². The molecule has 3 atom stereocenters. The van der Waals surface area contributed by atoms with E-state index in [1.807, 2.05) is 0 Å². The van der Waals surface area contributed by atoms with Crippen LogP contribution in [0.25, 0.3) is 0 Å². The largest absolute Gasteiger partial charge is 0.467 e. The third kappa shape index (κ3) is 4.95. The average Bonchev–Trinajstić information content (AvgIpc) is 3.14. The Morgan fingerprint density at radius 2 is 2.28 bits per heavy atom. The number of ether oxygens (including phenoxy) is 1. The van der Waals surface area contributed by atoms with Crippen molar-refractivity contribution in [3.05, 3.63) is 16.6 Å². The Kier molecular flexibility index (Phi) is 6.72. The molecule has 3 rings (SSSR count). The van der Waals surface area contributed by atoms with Crippen LogP contribution in [0.15, 0.2) is 11.7 Å². The third-order valence-electron chi connectivity index (χ3n) is 4.90. The van der Waals surface area contributed by atoms with Gasteiger partial charge in [-0.1, -0.05) is 12.8 Å². The van der Waals surface area contributed by atoms with Gasteiger partial charge in [-0.15, -0.1) is 11.3 Å². The summed E-state index contributed by atoms with van der Waals surface area (Å²) in [5, 5.41) is 3.52. The topological polar surface area (TPSA) is 71.5 Å². The maximum absolute atomic E-state index is 12.6. The molecule has 3 unspecified atom stereocenters. The monoisotopic (exact) mass is 383 g/mol. The van der Waals surface area contributed by atoms with E-state index in [2.05, 4.69) is 27.0 Å². The van der Waals surface area contributed by atoms with Crippen molar-refractivity contribution >= 4 is 35.0 Å². The average molecular weight is 384 g/mol. The van der Waals surface area contributed by atoms with Crippen LogP contribution in [0, 0.1) is 0 Å².